The normalized spacial score (nSPS) is 12.2. The van der Waals surface area contributed by atoms with Gasteiger partial charge in [-0.3, -0.25) is 5.84 Å². The molecule has 0 aliphatic heterocycles. The third kappa shape index (κ3) is 2.62. The van der Waals surface area contributed by atoms with Gasteiger partial charge in [-0.2, -0.15) is 0 Å². The van der Waals surface area contributed by atoms with Crippen LogP contribution >= 0.6 is 11.8 Å². The molecule has 5 nitrogen and oxygen atoms in total. The number of anilines is 1. The van der Waals surface area contributed by atoms with Gasteiger partial charge in [-0.15, -0.1) is 11.8 Å². The summed E-state index contributed by atoms with van der Waals surface area (Å²) in [5, 5.41) is 18.2. The minimum atomic E-state index is -1.53. The van der Waals surface area contributed by atoms with Gasteiger partial charge in [0.15, 0.2) is 6.10 Å². The highest BCUT2D eigenvalue weighted by Gasteiger charge is 2.19. The number of aliphatic carboxylic acids is 1. The lowest BCUT2D eigenvalue weighted by Crippen LogP contribution is -2.13. The summed E-state index contributed by atoms with van der Waals surface area (Å²) in [5.74, 6) is 3.92. The number of carboxylic acids is 1. The first-order valence-electron chi connectivity index (χ1n) is 4.15. The molecule has 0 bridgehead atoms. The fourth-order valence-corrected chi connectivity index (χ4v) is 1.78. The molecule has 0 heterocycles. The molecule has 0 amide bonds. The number of hydrazine groups is 1. The molecule has 82 valence electrons. The fraction of sp³-hybridized carbons (Fsp3) is 0.222. The molecule has 1 aromatic rings. The van der Waals surface area contributed by atoms with Crippen LogP contribution in [0.1, 0.15) is 11.7 Å². The third-order valence-electron chi connectivity index (χ3n) is 1.92. The van der Waals surface area contributed by atoms with Gasteiger partial charge in [0, 0.05) is 16.1 Å². The van der Waals surface area contributed by atoms with Gasteiger partial charge < -0.3 is 15.6 Å². The van der Waals surface area contributed by atoms with Crippen LogP contribution in [0.15, 0.2) is 23.1 Å². The van der Waals surface area contributed by atoms with Crippen molar-refractivity contribution in [2.24, 2.45) is 5.84 Å². The zero-order chi connectivity index (χ0) is 11.4. The van der Waals surface area contributed by atoms with Crippen LogP contribution in [-0.2, 0) is 4.79 Å². The van der Waals surface area contributed by atoms with E-state index in [0.717, 1.165) is 0 Å². The predicted molar refractivity (Wildman–Crippen MR) is 58.6 cm³/mol. The van der Waals surface area contributed by atoms with Crippen LogP contribution in [0.5, 0.6) is 0 Å². The summed E-state index contributed by atoms with van der Waals surface area (Å²) in [7, 11) is 0. The molecule has 0 aliphatic rings. The van der Waals surface area contributed by atoms with E-state index >= 15 is 0 Å². The first kappa shape index (κ1) is 11.8. The smallest absolute Gasteiger partial charge is 0.337 e. The average molecular weight is 228 g/mol. The second kappa shape index (κ2) is 5.01. The summed E-state index contributed by atoms with van der Waals surface area (Å²) in [6.07, 6.45) is 0.281. The maximum Gasteiger partial charge on any atom is 0.337 e. The molecule has 1 atom stereocenters. The van der Waals surface area contributed by atoms with Crippen molar-refractivity contribution in [3.05, 3.63) is 23.8 Å². The molecule has 5 N–H and O–H groups in total. The summed E-state index contributed by atoms with van der Waals surface area (Å²) < 4.78 is 0. The van der Waals surface area contributed by atoms with Gasteiger partial charge in [0.05, 0.1) is 0 Å². The van der Waals surface area contributed by atoms with Crippen molar-refractivity contribution < 1.29 is 15.0 Å². The van der Waals surface area contributed by atoms with E-state index < -0.39 is 12.1 Å². The Morgan fingerprint density at radius 2 is 2.27 bits per heavy atom. The monoisotopic (exact) mass is 228 g/mol. The first-order chi connectivity index (χ1) is 7.10. The highest BCUT2D eigenvalue weighted by Crippen LogP contribution is 2.28. The molecule has 1 aromatic carbocycles. The standard InChI is InChI=1S/C9H12N2O3S/c1-15-7-3-2-5(11-10)4-6(7)8(12)9(13)14/h2-4,8,11-12H,10H2,1H3,(H,13,14). The summed E-state index contributed by atoms with van der Waals surface area (Å²) in [5.41, 5.74) is 3.30. The Kier molecular flexibility index (Phi) is 3.96. The molecule has 0 aliphatic carbocycles. The number of carboxylic acid groups (broad SMARTS) is 1. The van der Waals surface area contributed by atoms with Crippen LogP contribution < -0.4 is 11.3 Å². The largest absolute Gasteiger partial charge is 0.479 e. The number of rotatable bonds is 4. The summed E-state index contributed by atoms with van der Waals surface area (Å²) in [6, 6.07) is 4.94. The first-order valence-corrected chi connectivity index (χ1v) is 5.38. The fourth-order valence-electron chi connectivity index (χ4n) is 1.17. The minimum Gasteiger partial charge on any atom is -0.479 e. The highest BCUT2D eigenvalue weighted by molar-refractivity contribution is 7.98. The van der Waals surface area contributed by atoms with E-state index in [4.69, 9.17) is 10.9 Å². The molecule has 0 aromatic heterocycles. The number of carbonyl (C=O) groups is 1. The van der Waals surface area contributed by atoms with E-state index in [0.29, 0.717) is 16.1 Å². The van der Waals surface area contributed by atoms with E-state index in [1.54, 1.807) is 12.1 Å². The topological polar surface area (TPSA) is 95.6 Å². The molecule has 0 saturated heterocycles. The van der Waals surface area contributed by atoms with Gasteiger partial charge in [-0.1, -0.05) is 0 Å². The number of nitrogens with two attached hydrogens (primary N) is 1. The number of hydrogen-bond donors (Lipinski definition) is 4. The van der Waals surface area contributed by atoms with Crippen molar-refractivity contribution in [1.29, 1.82) is 0 Å². The van der Waals surface area contributed by atoms with Crippen LogP contribution in [-0.4, -0.2) is 22.4 Å². The molecule has 6 heteroatoms. The van der Waals surface area contributed by atoms with Gasteiger partial charge in [-0.25, -0.2) is 4.79 Å². The van der Waals surface area contributed by atoms with Crippen molar-refractivity contribution in [3.63, 3.8) is 0 Å². The van der Waals surface area contributed by atoms with Crippen LogP contribution in [0.4, 0.5) is 5.69 Å². The van der Waals surface area contributed by atoms with Gasteiger partial charge in [0.25, 0.3) is 0 Å². The van der Waals surface area contributed by atoms with E-state index in [-0.39, 0.29) is 0 Å². The Hall–Kier alpha value is -1.24. The Morgan fingerprint density at radius 1 is 1.60 bits per heavy atom. The molecule has 0 spiro atoms. The van der Waals surface area contributed by atoms with Crippen LogP contribution in [0.25, 0.3) is 0 Å². The van der Waals surface area contributed by atoms with E-state index in [1.807, 2.05) is 6.26 Å². The van der Waals surface area contributed by atoms with E-state index in [2.05, 4.69) is 5.43 Å². The SMILES string of the molecule is CSc1ccc(NN)cc1C(O)C(=O)O. The number of aliphatic hydroxyl groups excluding tert-OH is 1. The van der Waals surface area contributed by atoms with Crippen molar-refractivity contribution in [1.82, 2.24) is 0 Å². The number of nitrogens with one attached hydrogen (secondary N) is 1. The Balaban J connectivity index is 3.16. The number of nitrogen functional groups attached to an aromatic ring is 1. The van der Waals surface area contributed by atoms with Gasteiger partial charge in [-0.05, 0) is 24.5 Å². The minimum absolute atomic E-state index is 0.338. The molecule has 15 heavy (non-hydrogen) atoms. The maximum absolute atomic E-state index is 10.7. The Morgan fingerprint density at radius 3 is 2.73 bits per heavy atom. The van der Waals surface area contributed by atoms with Crippen LogP contribution in [0, 0.1) is 0 Å². The number of hydrogen-bond acceptors (Lipinski definition) is 5. The predicted octanol–water partition coefficient (Wildman–Crippen LogP) is 0.812. The zero-order valence-corrected chi connectivity index (χ0v) is 8.91. The van der Waals surface area contributed by atoms with Gasteiger partial charge in [0.1, 0.15) is 0 Å². The second-order valence-electron chi connectivity index (χ2n) is 2.84. The van der Waals surface area contributed by atoms with Crippen LogP contribution in [0.3, 0.4) is 0 Å². The Labute approximate surface area is 91.3 Å². The average Bonchev–Trinajstić information content (AvgIpc) is 2.27. The summed E-state index contributed by atoms with van der Waals surface area (Å²) in [4.78, 5) is 11.4. The zero-order valence-electron chi connectivity index (χ0n) is 8.10. The highest BCUT2D eigenvalue weighted by atomic mass is 32.2. The lowest BCUT2D eigenvalue weighted by Gasteiger charge is -2.12. The third-order valence-corrected chi connectivity index (χ3v) is 2.74. The number of aliphatic hydroxyl groups is 1. The second-order valence-corrected chi connectivity index (χ2v) is 3.69. The maximum atomic E-state index is 10.7. The van der Waals surface area contributed by atoms with E-state index in [1.165, 1.54) is 17.8 Å². The lowest BCUT2D eigenvalue weighted by molar-refractivity contribution is -0.147. The number of benzene rings is 1. The molecule has 1 unspecified atom stereocenters. The van der Waals surface area contributed by atoms with Crippen molar-refractivity contribution in [2.75, 3.05) is 11.7 Å². The quantitative estimate of drug-likeness (QED) is 0.346. The molecular weight excluding hydrogens is 216 g/mol. The molecule has 0 radical (unpaired) electrons. The summed E-state index contributed by atoms with van der Waals surface area (Å²) in [6.45, 7) is 0. The van der Waals surface area contributed by atoms with Crippen molar-refractivity contribution in [2.45, 2.75) is 11.0 Å². The molecule has 0 saturated carbocycles. The van der Waals surface area contributed by atoms with Crippen molar-refractivity contribution in [3.8, 4) is 0 Å². The Bertz CT molecular complexity index is 370. The molecule has 0 fully saturated rings. The van der Waals surface area contributed by atoms with E-state index in [9.17, 15) is 9.90 Å². The van der Waals surface area contributed by atoms with Crippen LogP contribution in [0.2, 0.25) is 0 Å². The van der Waals surface area contributed by atoms with Crippen molar-refractivity contribution >= 4 is 23.4 Å². The summed E-state index contributed by atoms with van der Waals surface area (Å²) >= 11 is 1.37. The van der Waals surface area contributed by atoms with Gasteiger partial charge >= 0.3 is 5.97 Å². The molecule has 1 rings (SSSR count). The number of thioether (sulfide) groups is 1. The van der Waals surface area contributed by atoms with Gasteiger partial charge in [0.2, 0.25) is 0 Å². The lowest BCUT2D eigenvalue weighted by atomic mass is 10.1. The molecular formula is C9H12N2O3S.